The first-order chi connectivity index (χ1) is 15.2. The summed E-state index contributed by atoms with van der Waals surface area (Å²) < 4.78 is 0. The van der Waals surface area contributed by atoms with Gasteiger partial charge in [0, 0.05) is 0 Å². The molecule has 0 amide bonds. The van der Waals surface area contributed by atoms with Gasteiger partial charge in [0.25, 0.3) is 0 Å². The maximum absolute atomic E-state index is 10.9. The lowest BCUT2D eigenvalue weighted by molar-refractivity contribution is -0.161. The zero-order chi connectivity index (χ0) is 24.2. The van der Waals surface area contributed by atoms with Gasteiger partial charge in [-0.15, -0.1) is 0 Å². The van der Waals surface area contributed by atoms with Crippen molar-refractivity contribution in [3.63, 3.8) is 0 Å². The summed E-state index contributed by atoms with van der Waals surface area (Å²) >= 11 is 0. The van der Waals surface area contributed by atoms with Crippen LogP contribution in [0.3, 0.4) is 0 Å². The molecule has 2 N–H and O–H groups in total. The number of rotatable bonds is 5. The van der Waals surface area contributed by atoms with Gasteiger partial charge in [-0.25, -0.2) is 0 Å². The lowest BCUT2D eigenvalue weighted by Crippen LogP contribution is -2.57. The fourth-order valence-corrected chi connectivity index (χ4v) is 11.2. The van der Waals surface area contributed by atoms with Crippen LogP contribution < -0.4 is 0 Å². The highest BCUT2D eigenvalue weighted by atomic mass is 16.3. The average Bonchev–Trinajstić information content (AvgIpc) is 3.31. The van der Waals surface area contributed by atoms with E-state index in [4.69, 9.17) is 0 Å². The molecule has 0 radical (unpaired) electrons. The Hall–Kier alpha value is -0.340. The molecule has 2 heteroatoms. The van der Waals surface area contributed by atoms with Crippen molar-refractivity contribution in [2.45, 2.75) is 131 Å². The van der Waals surface area contributed by atoms with E-state index in [-0.39, 0.29) is 11.5 Å². The number of aliphatic hydroxyl groups is 2. The maximum Gasteiger partial charge on any atom is 0.0798 e. The molecule has 0 aliphatic heterocycles. The minimum absolute atomic E-state index is 0.0873. The van der Waals surface area contributed by atoms with Gasteiger partial charge in [0.05, 0.1) is 11.7 Å². The maximum atomic E-state index is 10.9. The molecular weight excluding hydrogens is 404 g/mol. The van der Waals surface area contributed by atoms with E-state index in [0.29, 0.717) is 27.6 Å². The van der Waals surface area contributed by atoms with E-state index in [2.05, 4.69) is 41.2 Å². The average molecular weight is 457 g/mol. The van der Waals surface area contributed by atoms with Crippen LogP contribution in [0.4, 0.5) is 0 Å². The van der Waals surface area contributed by atoms with Crippen molar-refractivity contribution in [1.82, 2.24) is 0 Å². The lowest BCUT2D eigenvalue weighted by atomic mass is 9.41. The van der Waals surface area contributed by atoms with Gasteiger partial charge >= 0.3 is 0 Å². The number of hydrogen-bond donors (Lipinski definition) is 2. The van der Waals surface area contributed by atoms with Gasteiger partial charge < -0.3 is 10.2 Å². The zero-order valence-corrected chi connectivity index (χ0v) is 22.8. The summed E-state index contributed by atoms with van der Waals surface area (Å²) in [7, 11) is 0. The van der Waals surface area contributed by atoms with E-state index in [1.54, 1.807) is 0 Å². The normalized spacial score (nSPS) is 51.1. The summed E-state index contributed by atoms with van der Waals surface area (Å²) in [6.07, 6.45) is 14.1. The molecule has 0 unspecified atom stereocenters. The Kier molecular flexibility index (Phi) is 5.25. The Balaban J connectivity index is 1.37. The fraction of sp³-hybridized carbons (Fsp3) is 0.935. The molecule has 33 heavy (non-hydrogen) atoms. The third kappa shape index (κ3) is 2.98. The molecule has 0 heterocycles. The van der Waals surface area contributed by atoms with Crippen LogP contribution in [-0.2, 0) is 0 Å². The predicted molar refractivity (Wildman–Crippen MR) is 137 cm³/mol. The third-order valence-electron chi connectivity index (χ3n) is 13.6. The highest BCUT2D eigenvalue weighted by molar-refractivity contribution is 5.30. The molecule has 9 atom stereocenters. The first-order valence-electron chi connectivity index (χ1n) is 14.2. The van der Waals surface area contributed by atoms with Crippen LogP contribution in [0.15, 0.2) is 12.2 Å². The molecule has 2 nitrogen and oxygen atoms in total. The topological polar surface area (TPSA) is 40.5 Å². The molecule has 0 aromatic heterocycles. The molecule has 0 saturated heterocycles. The Morgan fingerprint density at radius 3 is 2.21 bits per heavy atom. The highest BCUT2D eigenvalue weighted by Gasteiger charge is 2.82. The minimum atomic E-state index is -0.759. The van der Waals surface area contributed by atoms with Crippen molar-refractivity contribution < 1.29 is 10.2 Å². The van der Waals surface area contributed by atoms with Crippen LogP contribution in [0, 0.1) is 50.7 Å². The summed E-state index contributed by atoms with van der Waals surface area (Å²) in [5, 5.41) is 21.2. The lowest BCUT2D eigenvalue weighted by Gasteiger charge is -2.63. The van der Waals surface area contributed by atoms with E-state index < -0.39 is 5.60 Å². The summed E-state index contributed by atoms with van der Waals surface area (Å²) in [5.41, 5.74) is 2.34. The van der Waals surface area contributed by atoms with E-state index in [0.717, 1.165) is 42.6 Å². The molecule has 0 aromatic rings. The van der Waals surface area contributed by atoms with Gasteiger partial charge in [-0.1, -0.05) is 41.2 Å². The van der Waals surface area contributed by atoms with Crippen LogP contribution in [0.5, 0.6) is 0 Å². The number of fused-ring (bicyclic) bond motifs is 2. The first-order valence-corrected chi connectivity index (χ1v) is 14.2. The second kappa shape index (κ2) is 7.12. The van der Waals surface area contributed by atoms with Crippen molar-refractivity contribution in [1.29, 1.82) is 0 Å². The molecule has 5 aliphatic rings. The largest absolute Gasteiger partial charge is 0.393 e. The van der Waals surface area contributed by atoms with E-state index in [9.17, 15) is 10.2 Å². The molecule has 188 valence electrons. The van der Waals surface area contributed by atoms with Crippen LogP contribution in [-0.4, -0.2) is 21.9 Å². The molecule has 5 rings (SSSR count). The van der Waals surface area contributed by atoms with Crippen molar-refractivity contribution in [3.8, 4) is 0 Å². The Morgan fingerprint density at radius 1 is 0.909 bits per heavy atom. The van der Waals surface area contributed by atoms with Crippen molar-refractivity contribution in [2.24, 2.45) is 50.7 Å². The van der Waals surface area contributed by atoms with Crippen LogP contribution in [0.2, 0.25) is 0 Å². The van der Waals surface area contributed by atoms with Gasteiger partial charge in [-0.05, 0) is 141 Å². The standard InChI is InChI=1S/C31H52O2/c1-20(9-10-21(2)27(5,6)33)22-13-15-29(8)24-12-11-23-26(3,4)25(32)14-16-30(23)19-31(24,30)18-17-28(22,29)7/h20,22-25,32-33H,2,9-19H2,1,3-8H3/t20-,22-,23+,24+,25+,28-,29+,30-,31+/m1/s1. The van der Waals surface area contributed by atoms with E-state index in [1.165, 1.54) is 51.4 Å². The van der Waals surface area contributed by atoms with Crippen LogP contribution in [0.25, 0.3) is 0 Å². The summed E-state index contributed by atoms with van der Waals surface area (Å²) in [6, 6.07) is 0. The van der Waals surface area contributed by atoms with Crippen molar-refractivity contribution in [3.05, 3.63) is 12.2 Å². The Labute approximate surface area is 204 Å². The van der Waals surface area contributed by atoms with Gasteiger partial charge in [-0.2, -0.15) is 0 Å². The monoisotopic (exact) mass is 456 g/mol. The minimum Gasteiger partial charge on any atom is -0.393 e. The Morgan fingerprint density at radius 2 is 1.55 bits per heavy atom. The molecule has 0 bridgehead atoms. The summed E-state index contributed by atoms with van der Waals surface area (Å²) in [6.45, 7) is 20.6. The molecule has 5 fully saturated rings. The highest BCUT2D eigenvalue weighted by Crippen LogP contribution is 2.89. The van der Waals surface area contributed by atoms with Crippen LogP contribution in [0.1, 0.15) is 119 Å². The molecule has 2 spiro atoms. The zero-order valence-electron chi connectivity index (χ0n) is 22.8. The number of hydrogen-bond acceptors (Lipinski definition) is 2. The second-order valence-corrected chi connectivity index (χ2v) is 15.2. The van der Waals surface area contributed by atoms with E-state index in [1.807, 2.05) is 13.8 Å². The van der Waals surface area contributed by atoms with Gasteiger partial charge in [-0.3, -0.25) is 0 Å². The summed E-state index contributed by atoms with van der Waals surface area (Å²) in [5.74, 6) is 3.10. The van der Waals surface area contributed by atoms with Gasteiger partial charge in [0.15, 0.2) is 0 Å². The fourth-order valence-electron chi connectivity index (χ4n) is 11.2. The first kappa shape index (κ1) is 24.4. The molecular formula is C31H52O2. The number of aliphatic hydroxyl groups excluding tert-OH is 1. The predicted octanol–water partition coefficient (Wildman–Crippen LogP) is 7.53. The SMILES string of the molecule is C=C(CC[C@@H](C)[C@H]1CC[C@@]2(C)[C@@H]3CC[C@H]4C(C)(C)[C@@H](O)CC[C@@]45C[C@@]35CC[C@]12C)C(C)(C)O. The smallest absolute Gasteiger partial charge is 0.0798 e. The van der Waals surface area contributed by atoms with Crippen molar-refractivity contribution in [2.75, 3.05) is 0 Å². The summed E-state index contributed by atoms with van der Waals surface area (Å²) in [4.78, 5) is 0. The second-order valence-electron chi connectivity index (χ2n) is 15.2. The van der Waals surface area contributed by atoms with Crippen LogP contribution >= 0.6 is 0 Å². The third-order valence-corrected chi connectivity index (χ3v) is 13.6. The van der Waals surface area contributed by atoms with Gasteiger partial charge in [0.1, 0.15) is 0 Å². The molecule has 5 saturated carbocycles. The van der Waals surface area contributed by atoms with E-state index >= 15 is 0 Å². The Bertz CT molecular complexity index is 821. The van der Waals surface area contributed by atoms with Crippen molar-refractivity contribution >= 4 is 0 Å². The molecule has 5 aliphatic carbocycles. The quantitative estimate of drug-likeness (QED) is 0.420. The molecule has 0 aromatic carbocycles. The van der Waals surface area contributed by atoms with Gasteiger partial charge in [0.2, 0.25) is 0 Å².